The summed E-state index contributed by atoms with van der Waals surface area (Å²) in [5, 5.41) is 8.47. The number of anilines is 2. The second kappa shape index (κ2) is 12.6. The third-order valence-electron chi connectivity index (χ3n) is 12.8. The largest absolute Gasteiger partial charge is 0.457 e. The van der Waals surface area contributed by atoms with Gasteiger partial charge in [0, 0.05) is 33.0 Å². The van der Waals surface area contributed by atoms with E-state index in [1.54, 1.807) is 0 Å². The summed E-state index contributed by atoms with van der Waals surface area (Å²) in [6.45, 7) is -0.283. The first kappa shape index (κ1) is 33.1. The van der Waals surface area contributed by atoms with Crippen molar-refractivity contribution in [3.8, 4) is 39.1 Å². The number of fused-ring (bicyclic) bond motifs is 8. The van der Waals surface area contributed by atoms with E-state index >= 15 is 4.79 Å². The van der Waals surface area contributed by atoms with Crippen LogP contribution >= 0.6 is 0 Å². The molecule has 11 aromatic rings. The molecular weight excluding hydrogens is 733 g/mol. The molecule has 1 amide bonds. The maximum atomic E-state index is 15.2. The van der Waals surface area contributed by atoms with E-state index < -0.39 is 6.09 Å². The average molecular weight is 766 g/mol. The lowest BCUT2D eigenvalue weighted by Crippen LogP contribution is -2.60. The smallest absolute Gasteiger partial charge is 0.424 e. The molecule has 0 saturated carbocycles. The van der Waals surface area contributed by atoms with E-state index in [9.17, 15) is 0 Å². The Morgan fingerprint density at radius 2 is 1.10 bits per heavy atom. The van der Waals surface area contributed by atoms with E-state index in [1.807, 2.05) is 29.2 Å². The minimum atomic E-state index is -0.430. The number of amides is 1. The fraction of sp³-hybridized carbons (Fsp3) is 0. The molecule has 0 fully saturated rings. The molecule has 0 atom stereocenters. The SMILES string of the molecule is O=C1Oc2c(-c3c(-c4ccccc4)ccc4ccccc34)ccc3ccc4c(c23)N1c1cc(-c2ccccc2)c2ccccc2c1B4c1cccc2c1oc1ccccc12. The van der Waals surface area contributed by atoms with Crippen LogP contribution < -0.4 is 26.0 Å². The van der Waals surface area contributed by atoms with Crippen LogP contribution in [-0.2, 0) is 0 Å². The van der Waals surface area contributed by atoms with E-state index in [4.69, 9.17) is 9.15 Å². The average Bonchev–Trinajstić information content (AvgIpc) is 3.70. The minimum absolute atomic E-state index is 0.283. The van der Waals surface area contributed by atoms with Crippen molar-refractivity contribution >= 4 is 94.8 Å². The molecule has 1 aromatic heterocycles. The maximum Gasteiger partial charge on any atom is 0.424 e. The van der Waals surface area contributed by atoms with Gasteiger partial charge in [-0.25, -0.2) is 9.69 Å². The first-order chi connectivity index (χ1) is 29.7. The molecular formula is C55H32BNO3. The predicted octanol–water partition coefficient (Wildman–Crippen LogP) is 12.5. The van der Waals surface area contributed by atoms with Crippen LogP contribution in [0.2, 0.25) is 0 Å². The highest BCUT2D eigenvalue weighted by Gasteiger charge is 2.45. The lowest BCUT2D eigenvalue weighted by atomic mass is 9.34. The minimum Gasteiger partial charge on any atom is -0.457 e. The van der Waals surface area contributed by atoms with E-state index in [2.05, 4.69) is 170 Å². The van der Waals surface area contributed by atoms with E-state index in [1.165, 1.54) is 0 Å². The van der Waals surface area contributed by atoms with Crippen LogP contribution in [0, 0.1) is 0 Å². The molecule has 3 heterocycles. The zero-order chi connectivity index (χ0) is 39.5. The lowest BCUT2D eigenvalue weighted by molar-refractivity contribution is 0.210. The van der Waals surface area contributed by atoms with Gasteiger partial charge in [-0.3, -0.25) is 0 Å². The van der Waals surface area contributed by atoms with Crippen molar-refractivity contribution in [2.75, 3.05) is 4.90 Å². The number of ether oxygens (including phenoxy) is 1. The number of hydrogen-bond acceptors (Lipinski definition) is 3. The van der Waals surface area contributed by atoms with Gasteiger partial charge in [-0.05, 0) is 83.8 Å². The maximum absolute atomic E-state index is 15.2. The second-order valence-corrected chi connectivity index (χ2v) is 15.8. The molecule has 0 aliphatic carbocycles. The Bertz CT molecular complexity index is 3610. The molecule has 13 rings (SSSR count). The number of furan rings is 1. The van der Waals surface area contributed by atoms with Gasteiger partial charge in [-0.2, -0.15) is 0 Å². The number of rotatable bonds is 4. The molecule has 0 unspecified atom stereocenters. The molecule has 0 radical (unpaired) electrons. The molecule has 5 heteroatoms. The highest BCUT2D eigenvalue weighted by atomic mass is 16.6. The molecule has 2 aliphatic rings. The Balaban J connectivity index is 1.17. The summed E-state index contributed by atoms with van der Waals surface area (Å²) in [5.41, 5.74) is 12.7. The monoisotopic (exact) mass is 765 g/mol. The Morgan fingerprint density at radius 1 is 0.467 bits per heavy atom. The van der Waals surface area contributed by atoms with Crippen LogP contribution in [0.4, 0.5) is 16.2 Å². The highest BCUT2D eigenvalue weighted by Crippen LogP contribution is 2.51. The number of nitrogens with zero attached hydrogens (tertiary/aromatic N) is 1. The normalized spacial score (nSPS) is 13.1. The summed E-state index contributed by atoms with van der Waals surface area (Å²) in [5.74, 6) is 0.576. The Labute approximate surface area is 345 Å². The summed E-state index contributed by atoms with van der Waals surface area (Å²) in [6, 6.07) is 68.0. The van der Waals surface area contributed by atoms with Gasteiger partial charge < -0.3 is 9.15 Å². The van der Waals surface area contributed by atoms with Crippen LogP contribution in [0.3, 0.4) is 0 Å². The number of benzene rings is 10. The lowest BCUT2D eigenvalue weighted by Gasteiger charge is -2.39. The van der Waals surface area contributed by atoms with Gasteiger partial charge >= 0.3 is 6.09 Å². The molecule has 278 valence electrons. The molecule has 4 nitrogen and oxygen atoms in total. The summed E-state index contributed by atoms with van der Waals surface area (Å²) in [7, 11) is 0. The molecule has 0 spiro atoms. The van der Waals surface area contributed by atoms with Gasteiger partial charge in [-0.1, -0.05) is 176 Å². The van der Waals surface area contributed by atoms with Crippen molar-refractivity contribution in [3.05, 3.63) is 194 Å². The van der Waals surface area contributed by atoms with Gasteiger partial charge in [0.1, 0.15) is 11.2 Å². The third-order valence-corrected chi connectivity index (χ3v) is 12.8. The quantitative estimate of drug-likeness (QED) is 0.168. The van der Waals surface area contributed by atoms with Crippen molar-refractivity contribution in [3.63, 3.8) is 0 Å². The molecule has 2 aliphatic heterocycles. The van der Waals surface area contributed by atoms with Crippen molar-refractivity contribution in [2.45, 2.75) is 0 Å². The first-order valence-corrected chi connectivity index (χ1v) is 20.4. The zero-order valence-corrected chi connectivity index (χ0v) is 32.2. The van der Waals surface area contributed by atoms with Crippen LogP contribution in [0.25, 0.3) is 87.6 Å². The molecule has 60 heavy (non-hydrogen) atoms. The molecule has 10 aromatic carbocycles. The van der Waals surface area contributed by atoms with E-state index in [0.29, 0.717) is 5.75 Å². The van der Waals surface area contributed by atoms with Crippen LogP contribution in [-0.4, -0.2) is 12.8 Å². The molecule has 0 bridgehead atoms. The summed E-state index contributed by atoms with van der Waals surface area (Å²) >= 11 is 0. The Morgan fingerprint density at radius 3 is 1.92 bits per heavy atom. The molecule has 0 N–H and O–H groups in total. The van der Waals surface area contributed by atoms with Crippen molar-refractivity contribution < 1.29 is 13.9 Å². The van der Waals surface area contributed by atoms with E-state index in [0.717, 1.165) is 115 Å². The number of carbonyl (C=O) groups is 1. The van der Waals surface area contributed by atoms with Crippen LogP contribution in [0.5, 0.6) is 5.75 Å². The number of carbonyl (C=O) groups excluding carboxylic acids is 1. The topological polar surface area (TPSA) is 42.7 Å². The number of hydrogen-bond donors (Lipinski definition) is 0. The molecule has 0 saturated heterocycles. The van der Waals surface area contributed by atoms with Crippen molar-refractivity contribution in [2.24, 2.45) is 0 Å². The van der Waals surface area contributed by atoms with Gasteiger partial charge in [0.2, 0.25) is 0 Å². The summed E-state index contributed by atoms with van der Waals surface area (Å²) in [6.07, 6.45) is -0.430. The van der Waals surface area contributed by atoms with E-state index in [-0.39, 0.29) is 6.71 Å². The third kappa shape index (κ3) is 4.60. The van der Waals surface area contributed by atoms with Gasteiger partial charge in [0.05, 0.1) is 5.69 Å². The van der Waals surface area contributed by atoms with Gasteiger partial charge in [0.25, 0.3) is 6.71 Å². The van der Waals surface area contributed by atoms with Crippen LogP contribution in [0.1, 0.15) is 0 Å². The second-order valence-electron chi connectivity index (χ2n) is 15.8. The fourth-order valence-corrected chi connectivity index (χ4v) is 10.2. The van der Waals surface area contributed by atoms with Gasteiger partial charge in [-0.15, -0.1) is 0 Å². The number of para-hydroxylation sites is 2. The Hall–Kier alpha value is -7.89. The predicted molar refractivity (Wildman–Crippen MR) is 248 cm³/mol. The standard InChI is InChI=1S/C55H32BNO3/c58-55-57-47-32-44(34-16-5-2-6-17-34)39-20-9-10-22-41(39)51(47)56(46-24-13-23-42-40-21-11-12-25-48(40)59-53(42)46)45-31-28-36-27-30-43(54(60-55)49(36)52(45)57)50-37-19-8-7-18-35(37)26-29-38(50)33-14-3-1-4-15-33/h1-32H. The highest BCUT2D eigenvalue weighted by molar-refractivity contribution is 7.01. The van der Waals surface area contributed by atoms with Crippen molar-refractivity contribution in [1.29, 1.82) is 0 Å². The Kier molecular flexibility index (Phi) is 6.93. The zero-order valence-electron chi connectivity index (χ0n) is 32.2. The summed E-state index contributed by atoms with van der Waals surface area (Å²) < 4.78 is 13.6. The van der Waals surface area contributed by atoms with Crippen molar-refractivity contribution in [1.82, 2.24) is 0 Å². The first-order valence-electron chi connectivity index (χ1n) is 20.4. The van der Waals surface area contributed by atoms with Gasteiger partial charge in [0.15, 0.2) is 5.75 Å². The summed E-state index contributed by atoms with van der Waals surface area (Å²) in [4.78, 5) is 17.1. The van der Waals surface area contributed by atoms with Crippen LogP contribution in [0.15, 0.2) is 199 Å². The fourth-order valence-electron chi connectivity index (χ4n) is 10.2.